The SMILES string of the molecule is CC(=O)c1c(C)cccc1NC(=O)CC1CCCO1. The Morgan fingerprint density at radius 1 is 1.42 bits per heavy atom. The normalized spacial score (nSPS) is 18.3. The van der Waals surface area contributed by atoms with Gasteiger partial charge in [0.15, 0.2) is 5.78 Å². The molecule has 0 aliphatic carbocycles. The van der Waals surface area contributed by atoms with Crippen LogP contribution in [0.5, 0.6) is 0 Å². The number of benzene rings is 1. The predicted octanol–water partition coefficient (Wildman–Crippen LogP) is 2.71. The third kappa shape index (κ3) is 3.41. The number of carbonyl (C=O) groups excluding carboxylic acids is 2. The van der Waals surface area contributed by atoms with Crippen LogP contribution in [-0.4, -0.2) is 24.4 Å². The van der Waals surface area contributed by atoms with E-state index in [4.69, 9.17) is 4.74 Å². The van der Waals surface area contributed by atoms with Gasteiger partial charge in [0, 0.05) is 12.2 Å². The molecule has 1 amide bonds. The van der Waals surface area contributed by atoms with Crippen molar-refractivity contribution < 1.29 is 14.3 Å². The van der Waals surface area contributed by atoms with Gasteiger partial charge in [-0.3, -0.25) is 9.59 Å². The molecule has 4 nitrogen and oxygen atoms in total. The Morgan fingerprint density at radius 2 is 2.21 bits per heavy atom. The zero-order valence-electron chi connectivity index (χ0n) is 11.4. The summed E-state index contributed by atoms with van der Waals surface area (Å²) in [4.78, 5) is 23.6. The van der Waals surface area contributed by atoms with Crippen molar-refractivity contribution in [3.8, 4) is 0 Å². The Morgan fingerprint density at radius 3 is 2.84 bits per heavy atom. The van der Waals surface area contributed by atoms with E-state index in [2.05, 4.69) is 5.32 Å². The lowest BCUT2D eigenvalue weighted by atomic mass is 10.0. The third-order valence-electron chi connectivity index (χ3n) is 3.34. The first-order chi connectivity index (χ1) is 9.08. The molecule has 1 saturated heterocycles. The summed E-state index contributed by atoms with van der Waals surface area (Å²) in [6.07, 6.45) is 2.32. The second kappa shape index (κ2) is 5.97. The summed E-state index contributed by atoms with van der Waals surface area (Å²) < 4.78 is 5.43. The molecule has 1 unspecified atom stereocenters. The van der Waals surface area contributed by atoms with Crippen molar-refractivity contribution >= 4 is 17.4 Å². The van der Waals surface area contributed by atoms with Crippen LogP contribution >= 0.6 is 0 Å². The van der Waals surface area contributed by atoms with Gasteiger partial charge in [0.2, 0.25) is 5.91 Å². The van der Waals surface area contributed by atoms with Gasteiger partial charge in [-0.1, -0.05) is 12.1 Å². The van der Waals surface area contributed by atoms with Gasteiger partial charge in [0.25, 0.3) is 0 Å². The Labute approximate surface area is 113 Å². The van der Waals surface area contributed by atoms with E-state index in [-0.39, 0.29) is 17.8 Å². The first-order valence-electron chi connectivity index (χ1n) is 6.60. The average Bonchev–Trinajstić information content (AvgIpc) is 2.81. The maximum absolute atomic E-state index is 12.0. The molecule has 1 aliphatic rings. The Kier molecular flexibility index (Phi) is 4.32. The zero-order valence-corrected chi connectivity index (χ0v) is 11.4. The number of amides is 1. The number of hydrogen-bond donors (Lipinski definition) is 1. The fourth-order valence-corrected chi connectivity index (χ4v) is 2.45. The highest BCUT2D eigenvalue weighted by Gasteiger charge is 2.20. The number of ether oxygens (including phenoxy) is 1. The van der Waals surface area contributed by atoms with E-state index in [0.717, 1.165) is 25.0 Å². The molecular weight excluding hydrogens is 242 g/mol. The van der Waals surface area contributed by atoms with Gasteiger partial charge < -0.3 is 10.1 Å². The van der Waals surface area contributed by atoms with Crippen LogP contribution in [-0.2, 0) is 9.53 Å². The molecule has 1 aromatic rings. The molecule has 4 heteroatoms. The third-order valence-corrected chi connectivity index (χ3v) is 3.34. The van der Waals surface area contributed by atoms with Crippen LogP contribution in [0.15, 0.2) is 18.2 Å². The van der Waals surface area contributed by atoms with E-state index in [9.17, 15) is 9.59 Å². The van der Waals surface area contributed by atoms with Crippen LogP contribution in [0.1, 0.15) is 42.1 Å². The van der Waals surface area contributed by atoms with Gasteiger partial charge in [0.05, 0.1) is 18.2 Å². The van der Waals surface area contributed by atoms with E-state index in [0.29, 0.717) is 17.7 Å². The molecule has 2 rings (SSSR count). The molecule has 1 aromatic carbocycles. The molecule has 1 fully saturated rings. The molecule has 0 bridgehead atoms. The smallest absolute Gasteiger partial charge is 0.227 e. The van der Waals surface area contributed by atoms with Gasteiger partial charge in [0.1, 0.15) is 0 Å². The van der Waals surface area contributed by atoms with Crippen LogP contribution < -0.4 is 5.32 Å². The fraction of sp³-hybridized carbons (Fsp3) is 0.467. The second-order valence-electron chi connectivity index (χ2n) is 4.94. The molecule has 0 radical (unpaired) electrons. The maximum atomic E-state index is 12.0. The highest BCUT2D eigenvalue weighted by atomic mass is 16.5. The summed E-state index contributed by atoms with van der Waals surface area (Å²) in [7, 11) is 0. The number of hydrogen-bond acceptors (Lipinski definition) is 3. The summed E-state index contributed by atoms with van der Waals surface area (Å²) >= 11 is 0. The Bertz CT molecular complexity index is 490. The monoisotopic (exact) mass is 261 g/mol. The van der Waals surface area contributed by atoms with Crippen LogP contribution in [0.2, 0.25) is 0 Å². The zero-order chi connectivity index (χ0) is 13.8. The Hall–Kier alpha value is -1.68. The molecule has 1 N–H and O–H groups in total. The summed E-state index contributed by atoms with van der Waals surface area (Å²) in [5, 5.41) is 2.82. The van der Waals surface area contributed by atoms with Crippen molar-refractivity contribution in [2.24, 2.45) is 0 Å². The van der Waals surface area contributed by atoms with Crippen LogP contribution in [0, 0.1) is 6.92 Å². The van der Waals surface area contributed by atoms with Crippen molar-refractivity contribution in [1.29, 1.82) is 0 Å². The quantitative estimate of drug-likeness (QED) is 0.848. The topological polar surface area (TPSA) is 55.4 Å². The minimum absolute atomic E-state index is 0.0191. The van der Waals surface area contributed by atoms with Gasteiger partial charge in [-0.2, -0.15) is 0 Å². The van der Waals surface area contributed by atoms with Crippen molar-refractivity contribution in [2.45, 2.75) is 39.2 Å². The number of anilines is 1. The van der Waals surface area contributed by atoms with Crippen LogP contribution in [0.25, 0.3) is 0 Å². The van der Waals surface area contributed by atoms with E-state index in [1.807, 2.05) is 19.1 Å². The summed E-state index contributed by atoms with van der Waals surface area (Å²) in [6, 6.07) is 5.47. The van der Waals surface area contributed by atoms with Gasteiger partial charge in [-0.25, -0.2) is 0 Å². The fourth-order valence-electron chi connectivity index (χ4n) is 2.45. The van der Waals surface area contributed by atoms with Gasteiger partial charge >= 0.3 is 0 Å². The Balaban J connectivity index is 2.07. The van der Waals surface area contributed by atoms with Crippen molar-refractivity contribution in [3.05, 3.63) is 29.3 Å². The molecule has 102 valence electrons. The standard InChI is InChI=1S/C15H19NO3/c1-10-5-3-7-13(15(10)11(2)17)16-14(18)9-12-6-4-8-19-12/h3,5,7,12H,4,6,8-9H2,1-2H3,(H,16,18). The highest BCUT2D eigenvalue weighted by Crippen LogP contribution is 2.21. The first kappa shape index (κ1) is 13.7. The summed E-state index contributed by atoms with van der Waals surface area (Å²) in [5.41, 5.74) is 2.06. The molecule has 1 atom stereocenters. The molecule has 1 aliphatic heterocycles. The maximum Gasteiger partial charge on any atom is 0.227 e. The highest BCUT2D eigenvalue weighted by molar-refractivity contribution is 6.04. The van der Waals surface area contributed by atoms with Crippen molar-refractivity contribution in [3.63, 3.8) is 0 Å². The van der Waals surface area contributed by atoms with Crippen molar-refractivity contribution in [1.82, 2.24) is 0 Å². The van der Waals surface area contributed by atoms with E-state index in [1.54, 1.807) is 6.07 Å². The van der Waals surface area contributed by atoms with E-state index < -0.39 is 0 Å². The number of carbonyl (C=O) groups is 2. The molecule has 0 aromatic heterocycles. The summed E-state index contributed by atoms with van der Waals surface area (Å²) in [6.45, 7) is 4.12. The largest absolute Gasteiger partial charge is 0.378 e. The molecule has 0 saturated carbocycles. The number of ketones is 1. The second-order valence-corrected chi connectivity index (χ2v) is 4.94. The lowest BCUT2D eigenvalue weighted by Gasteiger charge is -2.13. The summed E-state index contributed by atoms with van der Waals surface area (Å²) in [5.74, 6) is -0.134. The first-order valence-corrected chi connectivity index (χ1v) is 6.60. The van der Waals surface area contributed by atoms with E-state index >= 15 is 0 Å². The lowest BCUT2D eigenvalue weighted by molar-refractivity contribution is -0.118. The molecular formula is C15H19NO3. The lowest BCUT2D eigenvalue weighted by Crippen LogP contribution is -2.20. The van der Waals surface area contributed by atoms with Crippen LogP contribution in [0.4, 0.5) is 5.69 Å². The van der Waals surface area contributed by atoms with Crippen molar-refractivity contribution in [2.75, 3.05) is 11.9 Å². The number of aryl methyl sites for hydroxylation is 1. The molecule has 1 heterocycles. The molecule has 0 spiro atoms. The van der Waals surface area contributed by atoms with Gasteiger partial charge in [-0.05, 0) is 38.3 Å². The average molecular weight is 261 g/mol. The number of nitrogens with one attached hydrogen (secondary N) is 1. The molecule has 19 heavy (non-hydrogen) atoms. The number of rotatable bonds is 4. The number of Topliss-reactive ketones (excluding diaryl/α,β-unsaturated/α-hetero) is 1. The minimum Gasteiger partial charge on any atom is -0.378 e. The van der Waals surface area contributed by atoms with Crippen LogP contribution in [0.3, 0.4) is 0 Å². The predicted molar refractivity (Wildman–Crippen MR) is 73.4 cm³/mol. The minimum atomic E-state index is -0.0972. The van der Waals surface area contributed by atoms with Gasteiger partial charge in [-0.15, -0.1) is 0 Å². The van der Waals surface area contributed by atoms with E-state index in [1.165, 1.54) is 6.92 Å².